The number of hydrazine groups is 1. The first-order valence-electron chi connectivity index (χ1n) is 5.34. The van der Waals surface area contributed by atoms with Gasteiger partial charge in [-0.05, 0) is 30.2 Å². The largest absolute Gasteiger partial charge is 0.271 e. The molecule has 0 aliphatic rings. The fraction of sp³-hybridized carbons (Fsp3) is 0.154. The van der Waals surface area contributed by atoms with Crippen molar-refractivity contribution in [2.24, 2.45) is 5.84 Å². The number of nitrogens with one attached hydrogen (secondary N) is 1. The predicted molar refractivity (Wildman–Crippen MR) is 64.5 cm³/mol. The standard InChI is InChI=1S/C13H14FN3/c1-9-4-5-11(12(14)7-9)13(17-15)10-3-2-6-16-8-10/h2-8,13,17H,15H2,1H3. The molecule has 0 aliphatic heterocycles. The van der Waals surface area contributed by atoms with E-state index in [0.717, 1.165) is 11.1 Å². The molecular formula is C13H14FN3. The Labute approximate surface area is 99.5 Å². The molecule has 0 bridgehead atoms. The van der Waals surface area contributed by atoms with Gasteiger partial charge in [-0.2, -0.15) is 0 Å². The Morgan fingerprint density at radius 2 is 2.18 bits per heavy atom. The van der Waals surface area contributed by atoms with E-state index < -0.39 is 0 Å². The van der Waals surface area contributed by atoms with E-state index in [4.69, 9.17) is 5.84 Å². The number of aromatic nitrogens is 1. The molecule has 2 rings (SSSR count). The lowest BCUT2D eigenvalue weighted by atomic mass is 9.99. The van der Waals surface area contributed by atoms with Crippen LogP contribution < -0.4 is 11.3 Å². The zero-order chi connectivity index (χ0) is 12.3. The van der Waals surface area contributed by atoms with Gasteiger partial charge in [0.2, 0.25) is 0 Å². The summed E-state index contributed by atoms with van der Waals surface area (Å²) in [7, 11) is 0. The molecule has 1 aromatic heterocycles. The first-order chi connectivity index (χ1) is 8.22. The van der Waals surface area contributed by atoms with Crippen molar-refractivity contribution in [1.82, 2.24) is 10.4 Å². The van der Waals surface area contributed by atoms with Crippen LogP contribution in [0.4, 0.5) is 4.39 Å². The van der Waals surface area contributed by atoms with Gasteiger partial charge in [-0.15, -0.1) is 0 Å². The maximum Gasteiger partial charge on any atom is 0.128 e. The highest BCUT2D eigenvalue weighted by Crippen LogP contribution is 2.23. The summed E-state index contributed by atoms with van der Waals surface area (Å²) in [4.78, 5) is 4.01. The van der Waals surface area contributed by atoms with E-state index in [9.17, 15) is 4.39 Å². The second kappa shape index (κ2) is 5.03. The summed E-state index contributed by atoms with van der Waals surface area (Å²) in [5.41, 5.74) is 4.85. The third-order valence-corrected chi connectivity index (χ3v) is 2.65. The number of hydrogen-bond acceptors (Lipinski definition) is 3. The molecule has 0 spiro atoms. The molecule has 0 aliphatic carbocycles. The van der Waals surface area contributed by atoms with Crippen LogP contribution in [0.2, 0.25) is 0 Å². The summed E-state index contributed by atoms with van der Waals surface area (Å²) in [5, 5.41) is 0. The number of nitrogens with two attached hydrogens (primary N) is 1. The summed E-state index contributed by atoms with van der Waals surface area (Å²) in [6.45, 7) is 1.85. The van der Waals surface area contributed by atoms with E-state index in [2.05, 4.69) is 10.4 Å². The van der Waals surface area contributed by atoms with Crippen molar-refractivity contribution < 1.29 is 4.39 Å². The number of rotatable bonds is 3. The van der Waals surface area contributed by atoms with Crippen LogP contribution >= 0.6 is 0 Å². The van der Waals surface area contributed by atoms with Crippen molar-refractivity contribution in [2.75, 3.05) is 0 Å². The van der Waals surface area contributed by atoms with E-state index in [0.29, 0.717) is 5.56 Å². The van der Waals surface area contributed by atoms with Crippen molar-refractivity contribution in [2.45, 2.75) is 13.0 Å². The van der Waals surface area contributed by atoms with E-state index in [1.54, 1.807) is 24.5 Å². The van der Waals surface area contributed by atoms with Crippen LogP contribution in [0, 0.1) is 12.7 Å². The molecule has 0 amide bonds. The Balaban J connectivity index is 2.42. The van der Waals surface area contributed by atoms with E-state index in [1.807, 2.05) is 19.1 Å². The van der Waals surface area contributed by atoms with Gasteiger partial charge in [-0.1, -0.05) is 18.2 Å². The average molecular weight is 231 g/mol. The predicted octanol–water partition coefficient (Wildman–Crippen LogP) is 2.08. The van der Waals surface area contributed by atoms with E-state index >= 15 is 0 Å². The van der Waals surface area contributed by atoms with Crippen LogP contribution in [-0.2, 0) is 0 Å². The van der Waals surface area contributed by atoms with Crippen LogP contribution in [0.15, 0.2) is 42.7 Å². The van der Waals surface area contributed by atoms with Gasteiger partial charge in [0.25, 0.3) is 0 Å². The average Bonchev–Trinajstić information content (AvgIpc) is 2.34. The molecule has 0 fully saturated rings. The van der Waals surface area contributed by atoms with Gasteiger partial charge in [0.15, 0.2) is 0 Å². The second-order valence-electron chi connectivity index (χ2n) is 3.91. The molecule has 3 N–H and O–H groups in total. The number of aryl methyl sites for hydroxylation is 1. The van der Waals surface area contributed by atoms with Crippen molar-refractivity contribution >= 4 is 0 Å². The molecule has 1 unspecified atom stereocenters. The zero-order valence-electron chi connectivity index (χ0n) is 9.52. The first kappa shape index (κ1) is 11.7. The van der Waals surface area contributed by atoms with E-state index in [1.165, 1.54) is 6.07 Å². The quantitative estimate of drug-likeness (QED) is 0.628. The lowest BCUT2D eigenvalue weighted by Gasteiger charge is -2.17. The minimum Gasteiger partial charge on any atom is -0.271 e. The summed E-state index contributed by atoms with van der Waals surface area (Å²) in [6.07, 6.45) is 3.34. The van der Waals surface area contributed by atoms with Gasteiger partial charge in [-0.25, -0.2) is 9.82 Å². The topological polar surface area (TPSA) is 50.9 Å². The molecule has 0 saturated heterocycles. The minimum absolute atomic E-state index is 0.267. The molecule has 3 nitrogen and oxygen atoms in total. The highest BCUT2D eigenvalue weighted by Gasteiger charge is 2.16. The maximum absolute atomic E-state index is 13.9. The van der Waals surface area contributed by atoms with Crippen LogP contribution in [0.3, 0.4) is 0 Å². The number of pyridine rings is 1. The summed E-state index contributed by atoms with van der Waals surface area (Å²) >= 11 is 0. The zero-order valence-corrected chi connectivity index (χ0v) is 9.52. The van der Waals surface area contributed by atoms with Gasteiger partial charge in [0.05, 0.1) is 6.04 Å². The highest BCUT2D eigenvalue weighted by molar-refractivity contribution is 5.33. The lowest BCUT2D eigenvalue weighted by molar-refractivity contribution is 0.558. The van der Waals surface area contributed by atoms with Gasteiger partial charge in [-0.3, -0.25) is 10.8 Å². The molecule has 1 heterocycles. The number of halogens is 1. The highest BCUT2D eigenvalue weighted by atomic mass is 19.1. The van der Waals surface area contributed by atoms with Crippen molar-refractivity contribution in [3.63, 3.8) is 0 Å². The molecular weight excluding hydrogens is 217 g/mol. The monoisotopic (exact) mass is 231 g/mol. The molecule has 17 heavy (non-hydrogen) atoms. The number of hydrogen-bond donors (Lipinski definition) is 2. The summed E-state index contributed by atoms with van der Waals surface area (Å²) in [6, 6.07) is 8.37. The minimum atomic E-state index is -0.385. The van der Waals surface area contributed by atoms with Crippen LogP contribution in [-0.4, -0.2) is 4.98 Å². The van der Waals surface area contributed by atoms with E-state index in [-0.39, 0.29) is 11.9 Å². The first-order valence-corrected chi connectivity index (χ1v) is 5.34. The lowest BCUT2D eigenvalue weighted by Crippen LogP contribution is -2.29. The summed E-state index contributed by atoms with van der Waals surface area (Å²) in [5.74, 6) is 5.23. The van der Waals surface area contributed by atoms with Gasteiger partial charge < -0.3 is 0 Å². The van der Waals surface area contributed by atoms with Gasteiger partial charge in [0, 0.05) is 18.0 Å². The molecule has 0 saturated carbocycles. The number of benzene rings is 1. The van der Waals surface area contributed by atoms with Crippen molar-refractivity contribution in [3.05, 3.63) is 65.2 Å². The van der Waals surface area contributed by atoms with Gasteiger partial charge >= 0.3 is 0 Å². The third-order valence-electron chi connectivity index (χ3n) is 2.65. The summed E-state index contributed by atoms with van der Waals surface area (Å²) < 4.78 is 13.9. The molecule has 1 atom stereocenters. The molecule has 88 valence electrons. The van der Waals surface area contributed by atoms with Crippen molar-refractivity contribution in [3.8, 4) is 0 Å². The molecule has 4 heteroatoms. The molecule has 2 aromatic rings. The van der Waals surface area contributed by atoms with Crippen LogP contribution in [0.5, 0.6) is 0 Å². The fourth-order valence-corrected chi connectivity index (χ4v) is 1.78. The Hall–Kier alpha value is -1.78. The second-order valence-corrected chi connectivity index (χ2v) is 3.91. The SMILES string of the molecule is Cc1ccc(C(NN)c2cccnc2)c(F)c1. The Morgan fingerprint density at radius 3 is 2.76 bits per heavy atom. The Bertz CT molecular complexity index is 499. The smallest absolute Gasteiger partial charge is 0.128 e. The Morgan fingerprint density at radius 1 is 1.35 bits per heavy atom. The van der Waals surface area contributed by atoms with Crippen LogP contribution in [0.25, 0.3) is 0 Å². The number of nitrogens with zero attached hydrogens (tertiary/aromatic N) is 1. The molecule has 0 radical (unpaired) electrons. The fourth-order valence-electron chi connectivity index (χ4n) is 1.78. The normalized spacial score (nSPS) is 12.4. The van der Waals surface area contributed by atoms with Crippen molar-refractivity contribution in [1.29, 1.82) is 0 Å². The van der Waals surface area contributed by atoms with Gasteiger partial charge in [0.1, 0.15) is 5.82 Å². The maximum atomic E-state index is 13.9. The van der Waals surface area contributed by atoms with Crippen LogP contribution in [0.1, 0.15) is 22.7 Å². The third kappa shape index (κ3) is 2.49. The molecule has 1 aromatic carbocycles. The Kier molecular flexibility index (Phi) is 3.46.